The number of likely N-dealkylation sites (N-methyl/N-ethyl adjacent to an activating group) is 1. The molecule has 0 aromatic heterocycles. The Bertz CT molecular complexity index is 784. The molecule has 16 heteroatoms. The van der Waals surface area contributed by atoms with Gasteiger partial charge in [-0.3, -0.25) is 4.79 Å². The van der Waals surface area contributed by atoms with Crippen LogP contribution in [0.3, 0.4) is 0 Å². The molecule has 1 saturated carbocycles. The molecule has 3 fully saturated rings. The zero-order chi connectivity index (χ0) is 30.9. The summed E-state index contributed by atoms with van der Waals surface area (Å²) >= 11 is 0. The molecule has 0 aromatic rings. The summed E-state index contributed by atoms with van der Waals surface area (Å²) in [5.41, 5.74) is 15.0. The molecule has 0 aromatic carbocycles. The van der Waals surface area contributed by atoms with Crippen molar-refractivity contribution >= 4 is 5.91 Å². The highest BCUT2D eigenvalue weighted by Crippen LogP contribution is 2.32. The third kappa shape index (κ3) is 9.97. The molecule has 14 N–H and O–H groups in total. The van der Waals surface area contributed by atoms with E-state index in [0.29, 0.717) is 6.54 Å². The van der Waals surface area contributed by atoms with E-state index in [1.807, 2.05) is 6.92 Å². The Kier molecular flexibility index (Phi) is 14.7. The summed E-state index contributed by atoms with van der Waals surface area (Å²) in [7, 11) is 1.50. The lowest BCUT2D eigenvalue weighted by molar-refractivity contribution is -0.308. The first-order chi connectivity index (χ1) is 19.4. The highest BCUT2D eigenvalue weighted by atomic mass is 16.7. The van der Waals surface area contributed by atoms with E-state index >= 15 is 0 Å². The number of aliphatic hydroxyl groups excluding tert-OH is 5. The van der Waals surface area contributed by atoms with E-state index in [9.17, 15) is 35.4 Å². The van der Waals surface area contributed by atoms with Gasteiger partial charge in [-0.1, -0.05) is 6.92 Å². The van der Waals surface area contributed by atoms with Crippen LogP contribution in [0.1, 0.15) is 39.5 Å². The van der Waals surface area contributed by atoms with Gasteiger partial charge in [-0.2, -0.15) is 0 Å². The van der Waals surface area contributed by atoms with Crippen molar-refractivity contribution in [3.05, 3.63) is 0 Å². The van der Waals surface area contributed by atoms with Crippen molar-refractivity contribution in [2.24, 2.45) is 17.2 Å². The molecule has 16 nitrogen and oxygen atoms in total. The van der Waals surface area contributed by atoms with E-state index in [-0.39, 0.29) is 45.4 Å². The van der Waals surface area contributed by atoms with Gasteiger partial charge in [-0.05, 0) is 39.9 Å². The topological polar surface area (TPSA) is 277 Å². The van der Waals surface area contributed by atoms with Crippen LogP contribution in [0.4, 0.5) is 0 Å². The number of rotatable bonds is 11. The Balaban J connectivity index is 0.00000287. The van der Waals surface area contributed by atoms with Gasteiger partial charge in [0, 0.05) is 25.4 Å². The predicted molar refractivity (Wildman–Crippen MR) is 145 cm³/mol. The molecule has 41 heavy (non-hydrogen) atoms. The number of nitrogens with one attached hydrogen (secondary N) is 2. The van der Waals surface area contributed by atoms with Crippen LogP contribution in [0, 0.1) is 0 Å². The van der Waals surface area contributed by atoms with Crippen LogP contribution in [0.25, 0.3) is 0 Å². The van der Waals surface area contributed by atoms with E-state index in [4.69, 9.17) is 30.4 Å². The second-order valence-corrected chi connectivity index (χ2v) is 11.0. The summed E-state index contributed by atoms with van der Waals surface area (Å²) in [6.45, 7) is 4.22. The van der Waals surface area contributed by atoms with Gasteiger partial charge < -0.3 is 77.4 Å². The number of ether oxygens (including phenoxy) is 4. The molecule has 0 bridgehead atoms. The maximum atomic E-state index is 12.6. The van der Waals surface area contributed by atoms with Crippen molar-refractivity contribution in [2.45, 2.75) is 119 Å². The average Bonchev–Trinajstić information content (AvgIpc) is 2.91. The van der Waals surface area contributed by atoms with Gasteiger partial charge in [0.25, 0.3) is 0 Å². The molecular weight excluding hydrogens is 546 g/mol. The molecule has 2 aliphatic heterocycles. The summed E-state index contributed by atoms with van der Waals surface area (Å²) < 4.78 is 23.3. The Labute approximate surface area is 240 Å². The number of hydrogen-bond donors (Lipinski definition) is 11. The molecular formula is C25H51N5O11. The van der Waals surface area contributed by atoms with E-state index in [1.54, 1.807) is 0 Å². The van der Waals surface area contributed by atoms with Gasteiger partial charge >= 0.3 is 0 Å². The number of carbonyl (C=O) groups excluding carboxylic acids is 1. The first kappa shape index (κ1) is 36.1. The lowest BCUT2D eigenvalue weighted by Gasteiger charge is -2.47. The molecule has 3 aliphatic rings. The summed E-state index contributed by atoms with van der Waals surface area (Å²) in [4.78, 5) is 12.6. The van der Waals surface area contributed by atoms with Gasteiger partial charge in [-0.15, -0.1) is 0 Å². The molecule has 13 atom stereocenters. The van der Waals surface area contributed by atoms with Crippen LogP contribution in [-0.2, 0) is 23.7 Å². The van der Waals surface area contributed by atoms with Gasteiger partial charge in [0.15, 0.2) is 12.6 Å². The highest BCUT2D eigenvalue weighted by molar-refractivity contribution is 5.80. The molecule has 3 rings (SSSR count). The standard InChI is InChI=1S/C24H46N4O11.CH5N/c1-3-27-9-16-18(32)14(30)7-17(37-16)38-20-11(26)6-12(28-22(34)13(29)4-5-25)21(19(20)33)39-23-15(31)8-24(2,35)10-36-23;1-2/h11-21,23,27,29-33,35H,3-10,25-26H2,1-2H3,(H,28,34);2H2,1H3/t11?,12?,13?,14?,15?,16?,17-,18+,19?,20-,21+,23?,24-;/m1./s1. The minimum Gasteiger partial charge on any atom is -0.390 e. The number of nitrogens with two attached hydrogens (primary N) is 3. The van der Waals surface area contributed by atoms with Crippen molar-refractivity contribution < 1.29 is 54.4 Å². The first-order valence-corrected chi connectivity index (χ1v) is 14.1. The number of amides is 1. The zero-order valence-electron chi connectivity index (χ0n) is 24.0. The van der Waals surface area contributed by atoms with Gasteiger partial charge in [0.2, 0.25) is 5.91 Å². The van der Waals surface area contributed by atoms with Crippen molar-refractivity contribution in [1.29, 1.82) is 0 Å². The molecule has 2 saturated heterocycles. The van der Waals surface area contributed by atoms with Crippen LogP contribution in [-0.4, -0.2) is 149 Å². The molecule has 1 aliphatic carbocycles. The van der Waals surface area contributed by atoms with Crippen LogP contribution in [0.2, 0.25) is 0 Å². The normalized spacial score (nSPS) is 42.1. The maximum Gasteiger partial charge on any atom is 0.249 e. The number of hydrogen-bond acceptors (Lipinski definition) is 15. The summed E-state index contributed by atoms with van der Waals surface area (Å²) in [5, 5.41) is 68.5. The largest absolute Gasteiger partial charge is 0.390 e. The third-order valence-electron chi connectivity index (χ3n) is 7.34. The van der Waals surface area contributed by atoms with Gasteiger partial charge in [0.1, 0.15) is 42.7 Å². The SMILES string of the molecule is CCNCC1O[C@H](O[C@@H]2C(N)CC(NC(=O)C(O)CCN)[C@H](OC3OC[C@](C)(O)CC3O)C2O)CC(O)[C@@H]1O.CN. The van der Waals surface area contributed by atoms with Crippen LogP contribution >= 0.6 is 0 Å². The maximum absolute atomic E-state index is 12.6. The summed E-state index contributed by atoms with van der Waals surface area (Å²) in [5.74, 6) is -0.732. The lowest BCUT2D eigenvalue weighted by Crippen LogP contribution is -2.67. The molecule has 2 heterocycles. The van der Waals surface area contributed by atoms with Crippen LogP contribution in [0.15, 0.2) is 0 Å². The van der Waals surface area contributed by atoms with Crippen molar-refractivity contribution in [3.63, 3.8) is 0 Å². The minimum atomic E-state index is -1.47. The van der Waals surface area contributed by atoms with Crippen molar-refractivity contribution in [3.8, 4) is 0 Å². The Morgan fingerprint density at radius 1 is 1.10 bits per heavy atom. The monoisotopic (exact) mass is 597 g/mol. The quantitative estimate of drug-likeness (QED) is 0.106. The van der Waals surface area contributed by atoms with E-state index in [2.05, 4.69) is 16.4 Å². The van der Waals surface area contributed by atoms with Crippen LogP contribution in [0.5, 0.6) is 0 Å². The molecule has 1 amide bonds. The molecule has 8 unspecified atom stereocenters. The minimum absolute atomic E-state index is 0.0191. The Morgan fingerprint density at radius 2 is 1.78 bits per heavy atom. The molecule has 242 valence electrons. The fourth-order valence-corrected chi connectivity index (χ4v) is 5.20. The van der Waals surface area contributed by atoms with E-state index < -0.39 is 85.0 Å². The lowest BCUT2D eigenvalue weighted by atomic mass is 9.83. The Hall–Kier alpha value is -1.09. The fourth-order valence-electron chi connectivity index (χ4n) is 5.20. The third-order valence-corrected chi connectivity index (χ3v) is 7.34. The second kappa shape index (κ2) is 16.7. The van der Waals surface area contributed by atoms with Gasteiger partial charge in [0.05, 0.1) is 24.4 Å². The fraction of sp³-hybridized carbons (Fsp3) is 0.960. The summed E-state index contributed by atoms with van der Waals surface area (Å²) in [6, 6.07) is -1.75. The summed E-state index contributed by atoms with van der Waals surface area (Å²) in [6.07, 6.45) is -11.7. The molecule has 0 radical (unpaired) electrons. The number of carbonyl (C=O) groups is 1. The van der Waals surface area contributed by atoms with E-state index in [0.717, 1.165) is 0 Å². The molecule has 0 spiro atoms. The van der Waals surface area contributed by atoms with Crippen molar-refractivity contribution in [2.75, 3.05) is 33.3 Å². The first-order valence-electron chi connectivity index (χ1n) is 14.1. The number of aliphatic hydroxyl groups is 6. The van der Waals surface area contributed by atoms with E-state index in [1.165, 1.54) is 14.0 Å². The van der Waals surface area contributed by atoms with Gasteiger partial charge in [-0.25, -0.2) is 0 Å². The highest BCUT2D eigenvalue weighted by Gasteiger charge is 2.50. The smallest absolute Gasteiger partial charge is 0.249 e. The van der Waals surface area contributed by atoms with Crippen molar-refractivity contribution in [1.82, 2.24) is 10.6 Å². The predicted octanol–water partition coefficient (Wildman–Crippen LogP) is -5.08. The second-order valence-electron chi connectivity index (χ2n) is 11.0. The average molecular weight is 598 g/mol. The van der Waals surface area contributed by atoms with Crippen LogP contribution < -0.4 is 27.8 Å². The Morgan fingerprint density at radius 3 is 2.39 bits per heavy atom. The zero-order valence-corrected chi connectivity index (χ0v) is 24.0.